The van der Waals surface area contributed by atoms with Gasteiger partial charge in [-0.15, -0.1) is 0 Å². The number of carbonyl (C=O) groups is 2. The minimum Gasteiger partial charge on any atom is -0.482 e. The molecule has 0 unspecified atom stereocenters. The van der Waals surface area contributed by atoms with Gasteiger partial charge in [0.05, 0.1) is 5.02 Å². The summed E-state index contributed by atoms with van der Waals surface area (Å²) in [5.74, 6) is 0.178. The van der Waals surface area contributed by atoms with Crippen molar-refractivity contribution in [3.05, 3.63) is 52.0 Å². The normalized spacial score (nSPS) is 13.0. The molecule has 0 aromatic heterocycles. The molecule has 0 fully saturated rings. The average molecular weight is 366 g/mol. The second kappa shape index (κ2) is 7.11. The van der Waals surface area contributed by atoms with Crippen LogP contribution in [0.3, 0.4) is 0 Å². The van der Waals surface area contributed by atoms with Crippen LogP contribution < -0.4 is 14.8 Å². The Morgan fingerprint density at radius 1 is 1.12 bits per heavy atom. The quantitative estimate of drug-likeness (QED) is 0.659. The van der Waals surface area contributed by atoms with Crippen LogP contribution in [0.2, 0.25) is 10.0 Å². The number of ether oxygens (including phenoxy) is 2. The van der Waals surface area contributed by atoms with Gasteiger partial charge in [0.1, 0.15) is 11.5 Å². The molecule has 0 bridgehead atoms. The van der Waals surface area contributed by atoms with Crippen molar-refractivity contribution in [2.75, 3.05) is 11.9 Å². The number of carbonyl (C=O) groups excluding carboxylic acids is 2. The second-order valence-electron chi connectivity index (χ2n) is 5.20. The van der Waals surface area contributed by atoms with Gasteiger partial charge >= 0.3 is 5.97 Å². The number of benzene rings is 2. The fraction of sp³-hybridized carbons (Fsp3) is 0.176. The van der Waals surface area contributed by atoms with Crippen LogP contribution in [-0.4, -0.2) is 18.5 Å². The van der Waals surface area contributed by atoms with E-state index in [0.29, 0.717) is 23.6 Å². The molecule has 0 atom stereocenters. The third-order valence-corrected chi connectivity index (χ3v) is 3.98. The summed E-state index contributed by atoms with van der Waals surface area (Å²) in [5.41, 5.74) is 1.75. The minimum atomic E-state index is -0.578. The highest BCUT2D eigenvalue weighted by molar-refractivity contribution is 6.35. The number of aryl methyl sites for hydroxylation is 1. The van der Waals surface area contributed by atoms with E-state index in [2.05, 4.69) is 5.32 Å². The molecule has 2 aromatic rings. The standard InChI is InChI=1S/C17H13Cl2NO4/c18-11-2-5-15(13(19)8-11)24-17(22)9-23-12-3-4-14-10(7-12)1-6-16(21)20-14/h2-5,7-8H,1,6,9H2,(H,20,21). The predicted octanol–water partition coefficient (Wildman–Crippen LogP) is 3.86. The molecule has 7 heteroatoms. The highest BCUT2D eigenvalue weighted by Crippen LogP contribution is 2.28. The Morgan fingerprint density at radius 2 is 1.96 bits per heavy atom. The van der Waals surface area contributed by atoms with Crippen LogP contribution in [0.1, 0.15) is 12.0 Å². The van der Waals surface area contributed by atoms with Crippen molar-refractivity contribution in [2.45, 2.75) is 12.8 Å². The van der Waals surface area contributed by atoms with Gasteiger partial charge in [-0.1, -0.05) is 23.2 Å². The molecule has 1 heterocycles. The van der Waals surface area contributed by atoms with Crippen molar-refractivity contribution < 1.29 is 19.1 Å². The molecule has 1 N–H and O–H groups in total. The van der Waals surface area contributed by atoms with E-state index in [1.807, 2.05) is 0 Å². The van der Waals surface area contributed by atoms with Crippen LogP contribution in [0, 0.1) is 0 Å². The predicted molar refractivity (Wildman–Crippen MR) is 91.0 cm³/mol. The maximum Gasteiger partial charge on any atom is 0.349 e. The molecule has 5 nitrogen and oxygen atoms in total. The summed E-state index contributed by atoms with van der Waals surface area (Å²) < 4.78 is 10.6. The zero-order valence-electron chi connectivity index (χ0n) is 12.5. The fourth-order valence-corrected chi connectivity index (χ4v) is 2.75. The fourth-order valence-electron chi connectivity index (χ4n) is 2.30. The first-order chi connectivity index (χ1) is 11.5. The number of fused-ring (bicyclic) bond motifs is 1. The molecule has 0 radical (unpaired) electrons. The topological polar surface area (TPSA) is 64.6 Å². The minimum absolute atomic E-state index is 0.000380. The highest BCUT2D eigenvalue weighted by atomic mass is 35.5. The van der Waals surface area contributed by atoms with Crippen molar-refractivity contribution in [3.8, 4) is 11.5 Å². The van der Waals surface area contributed by atoms with Crippen LogP contribution in [0.5, 0.6) is 11.5 Å². The molecule has 1 aliphatic rings. The number of esters is 1. The van der Waals surface area contributed by atoms with E-state index in [1.54, 1.807) is 24.3 Å². The molecule has 0 aliphatic carbocycles. The summed E-state index contributed by atoms with van der Waals surface area (Å²) in [4.78, 5) is 23.2. The van der Waals surface area contributed by atoms with Gasteiger partial charge in [0.25, 0.3) is 0 Å². The number of hydrogen-bond donors (Lipinski definition) is 1. The summed E-state index contributed by atoms with van der Waals surface area (Å²) in [6.07, 6.45) is 1.08. The van der Waals surface area contributed by atoms with E-state index in [-0.39, 0.29) is 23.3 Å². The molecule has 1 aliphatic heterocycles. The van der Waals surface area contributed by atoms with E-state index in [9.17, 15) is 9.59 Å². The summed E-state index contributed by atoms with van der Waals surface area (Å²) in [6.45, 7) is -0.260. The van der Waals surface area contributed by atoms with Gasteiger partial charge < -0.3 is 14.8 Å². The smallest absolute Gasteiger partial charge is 0.349 e. The SMILES string of the molecule is O=C1CCc2cc(OCC(=O)Oc3ccc(Cl)cc3Cl)ccc2N1. The lowest BCUT2D eigenvalue weighted by molar-refractivity contribution is -0.136. The summed E-state index contributed by atoms with van der Waals surface area (Å²) in [6, 6.07) is 9.83. The van der Waals surface area contributed by atoms with E-state index in [4.69, 9.17) is 32.7 Å². The average Bonchev–Trinajstić information content (AvgIpc) is 2.55. The molecule has 0 spiro atoms. The maximum absolute atomic E-state index is 11.9. The Morgan fingerprint density at radius 3 is 2.75 bits per heavy atom. The van der Waals surface area contributed by atoms with Crippen molar-refractivity contribution in [2.24, 2.45) is 0 Å². The van der Waals surface area contributed by atoms with Gasteiger partial charge in [0, 0.05) is 17.1 Å². The molecule has 124 valence electrons. The van der Waals surface area contributed by atoms with Crippen molar-refractivity contribution >= 4 is 40.8 Å². The zero-order valence-corrected chi connectivity index (χ0v) is 14.0. The van der Waals surface area contributed by atoms with Crippen molar-refractivity contribution in [1.82, 2.24) is 0 Å². The first-order valence-corrected chi connectivity index (χ1v) is 7.98. The van der Waals surface area contributed by atoms with E-state index >= 15 is 0 Å². The number of nitrogens with one attached hydrogen (secondary N) is 1. The summed E-state index contributed by atoms with van der Waals surface area (Å²) in [7, 11) is 0. The van der Waals surface area contributed by atoms with Gasteiger partial charge in [-0.25, -0.2) is 4.79 Å². The van der Waals surface area contributed by atoms with Gasteiger partial charge in [0.15, 0.2) is 6.61 Å². The number of rotatable bonds is 4. The van der Waals surface area contributed by atoms with Crippen molar-refractivity contribution in [3.63, 3.8) is 0 Å². The Balaban J connectivity index is 1.59. The summed E-state index contributed by atoms with van der Waals surface area (Å²) in [5, 5.41) is 3.49. The Hall–Kier alpha value is -2.24. The Labute approximate surface area is 148 Å². The first kappa shape index (κ1) is 16.6. The third-order valence-electron chi connectivity index (χ3n) is 3.45. The molecule has 2 aromatic carbocycles. The monoisotopic (exact) mass is 365 g/mol. The molecule has 1 amide bonds. The van der Waals surface area contributed by atoms with Gasteiger partial charge in [0.2, 0.25) is 5.91 Å². The largest absolute Gasteiger partial charge is 0.482 e. The van der Waals surface area contributed by atoms with Gasteiger partial charge in [-0.3, -0.25) is 4.79 Å². The molecular weight excluding hydrogens is 353 g/mol. The molecular formula is C17H13Cl2NO4. The lowest BCUT2D eigenvalue weighted by atomic mass is 10.0. The van der Waals surface area contributed by atoms with Crippen LogP contribution in [0.15, 0.2) is 36.4 Å². The summed E-state index contributed by atoms with van der Waals surface area (Å²) >= 11 is 11.7. The Kier molecular flexibility index (Phi) is 4.92. The van der Waals surface area contributed by atoms with E-state index in [0.717, 1.165) is 11.3 Å². The number of halogens is 2. The second-order valence-corrected chi connectivity index (χ2v) is 6.05. The Bertz CT molecular complexity index is 807. The third kappa shape index (κ3) is 3.99. The van der Waals surface area contributed by atoms with Gasteiger partial charge in [-0.2, -0.15) is 0 Å². The molecule has 0 saturated carbocycles. The van der Waals surface area contributed by atoms with Crippen molar-refractivity contribution in [1.29, 1.82) is 0 Å². The van der Waals surface area contributed by atoms with Crippen LogP contribution >= 0.6 is 23.2 Å². The number of hydrogen-bond acceptors (Lipinski definition) is 4. The van der Waals surface area contributed by atoms with E-state index < -0.39 is 5.97 Å². The number of amides is 1. The zero-order chi connectivity index (χ0) is 17.1. The molecule has 24 heavy (non-hydrogen) atoms. The molecule has 0 saturated heterocycles. The van der Waals surface area contributed by atoms with Crippen LogP contribution in [0.25, 0.3) is 0 Å². The number of anilines is 1. The lowest BCUT2D eigenvalue weighted by Crippen LogP contribution is -2.20. The first-order valence-electron chi connectivity index (χ1n) is 7.22. The molecule has 3 rings (SSSR count). The van der Waals surface area contributed by atoms with Crippen LogP contribution in [-0.2, 0) is 16.0 Å². The maximum atomic E-state index is 11.9. The van der Waals surface area contributed by atoms with Gasteiger partial charge in [-0.05, 0) is 48.4 Å². The highest BCUT2D eigenvalue weighted by Gasteiger charge is 2.16. The van der Waals surface area contributed by atoms with E-state index in [1.165, 1.54) is 12.1 Å². The van der Waals surface area contributed by atoms with Crippen LogP contribution in [0.4, 0.5) is 5.69 Å². The lowest BCUT2D eigenvalue weighted by Gasteiger charge is -2.17.